The molecule has 0 saturated heterocycles. The van der Waals surface area contributed by atoms with Gasteiger partial charge in [0.25, 0.3) is 0 Å². The first-order chi connectivity index (χ1) is 11.8. The van der Waals surface area contributed by atoms with E-state index in [1.807, 2.05) is 0 Å². The average molecular weight is 360 g/mol. The van der Waals surface area contributed by atoms with Crippen molar-refractivity contribution < 1.29 is 24.9 Å². The van der Waals surface area contributed by atoms with E-state index in [-0.39, 0.29) is 12.5 Å². The van der Waals surface area contributed by atoms with Gasteiger partial charge in [-0.3, -0.25) is 9.59 Å². The number of carboxylic acid groups (broad SMARTS) is 2. The van der Waals surface area contributed by atoms with Crippen molar-refractivity contribution in [3.63, 3.8) is 0 Å². The molecule has 0 rings (SSSR count). The third-order valence-corrected chi connectivity index (χ3v) is 3.65. The van der Waals surface area contributed by atoms with E-state index >= 15 is 0 Å². The predicted molar refractivity (Wildman–Crippen MR) is 100 cm³/mol. The Morgan fingerprint density at radius 2 is 1.48 bits per heavy atom. The second-order valence-corrected chi connectivity index (χ2v) is 6.32. The number of aliphatic hydroxyl groups excluding tert-OH is 1. The Morgan fingerprint density at radius 1 is 1.00 bits per heavy atom. The molecule has 6 heteroatoms. The molecule has 0 fully saturated rings. The summed E-state index contributed by atoms with van der Waals surface area (Å²) in [7, 11) is 0. The first-order valence-electron chi connectivity index (χ1n) is 9.34. The van der Waals surface area contributed by atoms with Crippen LogP contribution in [0.3, 0.4) is 0 Å². The summed E-state index contributed by atoms with van der Waals surface area (Å²) in [6.45, 7) is 4.22. The van der Waals surface area contributed by atoms with Crippen molar-refractivity contribution in [2.24, 2.45) is 11.7 Å². The van der Waals surface area contributed by atoms with Crippen molar-refractivity contribution in [2.75, 3.05) is 6.54 Å². The Morgan fingerprint density at radius 3 is 1.88 bits per heavy atom. The van der Waals surface area contributed by atoms with E-state index in [2.05, 4.69) is 6.92 Å². The minimum Gasteiger partial charge on any atom is -0.481 e. The van der Waals surface area contributed by atoms with Crippen LogP contribution in [0.4, 0.5) is 0 Å². The van der Waals surface area contributed by atoms with E-state index in [1.54, 1.807) is 13.0 Å². The molecule has 0 spiro atoms. The number of hydrogen-bond donors (Lipinski definition) is 4. The van der Waals surface area contributed by atoms with Gasteiger partial charge < -0.3 is 21.1 Å². The van der Waals surface area contributed by atoms with Crippen LogP contribution >= 0.6 is 0 Å². The van der Waals surface area contributed by atoms with E-state index in [0.29, 0.717) is 6.54 Å². The molecule has 0 saturated carbocycles. The highest BCUT2D eigenvalue weighted by Gasteiger charge is 2.17. The van der Waals surface area contributed by atoms with E-state index in [9.17, 15) is 9.59 Å². The number of hydrogen-bond acceptors (Lipinski definition) is 4. The fourth-order valence-corrected chi connectivity index (χ4v) is 2.08. The van der Waals surface area contributed by atoms with E-state index in [4.69, 9.17) is 21.1 Å². The Bertz CT molecular complexity index is 356. The highest BCUT2D eigenvalue weighted by molar-refractivity contribution is 5.79. The van der Waals surface area contributed by atoms with Crippen LogP contribution in [-0.4, -0.2) is 39.9 Å². The molecule has 0 aromatic carbocycles. The van der Waals surface area contributed by atoms with Crippen LogP contribution in [0.25, 0.3) is 0 Å². The predicted octanol–water partition coefficient (Wildman–Crippen LogP) is 3.57. The molecular weight excluding hydrogens is 322 g/mol. The van der Waals surface area contributed by atoms with Crippen LogP contribution in [0.2, 0.25) is 0 Å². The van der Waals surface area contributed by atoms with Crippen LogP contribution in [0, 0.1) is 5.92 Å². The molecule has 0 amide bonds. The molecule has 0 aliphatic rings. The number of rotatable bonds is 14. The zero-order valence-electron chi connectivity index (χ0n) is 15.8. The fourth-order valence-electron chi connectivity index (χ4n) is 2.08. The summed E-state index contributed by atoms with van der Waals surface area (Å²) < 4.78 is 0. The third kappa shape index (κ3) is 22.6. The Balaban J connectivity index is 0. The molecule has 148 valence electrons. The van der Waals surface area contributed by atoms with Crippen molar-refractivity contribution in [2.45, 2.75) is 84.2 Å². The van der Waals surface area contributed by atoms with Crippen LogP contribution in [0.1, 0.15) is 78.1 Å². The monoisotopic (exact) mass is 359 g/mol. The normalized spacial score (nSPS) is 13.1. The summed E-state index contributed by atoms with van der Waals surface area (Å²) >= 11 is 0. The molecule has 0 bridgehead atoms. The number of nitrogens with two attached hydrogens (primary N) is 1. The van der Waals surface area contributed by atoms with Gasteiger partial charge in [-0.25, -0.2) is 0 Å². The molecule has 2 atom stereocenters. The Labute approximate surface area is 152 Å². The fraction of sp³-hybridized carbons (Fsp3) is 0.789. The molecule has 0 aromatic rings. The number of carbonyl (C=O) groups is 2. The second kappa shape index (κ2) is 18.9. The number of aliphatic carboxylic acids is 2. The summed E-state index contributed by atoms with van der Waals surface area (Å²) in [6, 6.07) is 0. The van der Waals surface area contributed by atoms with Crippen molar-refractivity contribution >= 4 is 11.9 Å². The summed E-state index contributed by atoms with van der Waals surface area (Å²) in [5, 5.41) is 25.7. The lowest BCUT2D eigenvalue weighted by atomic mass is 10.0. The van der Waals surface area contributed by atoms with Crippen LogP contribution in [0.5, 0.6) is 0 Å². The van der Waals surface area contributed by atoms with Gasteiger partial charge in [0.2, 0.25) is 0 Å². The van der Waals surface area contributed by atoms with Gasteiger partial charge in [0.05, 0.1) is 18.4 Å². The van der Waals surface area contributed by atoms with Crippen LogP contribution in [0.15, 0.2) is 12.2 Å². The van der Waals surface area contributed by atoms with E-state index in [1.165, 1.54) is 44.6 Å². The standard InChI is InChI=1S/C16H28O4.C3H9NO/c1-2-3-4-5-6-7-8-9-10-11-12-14(16(19)20)13-15(17)18;1-3(5)2-4/h11-12,14H,2-10,13H2,1H3,(H,17,18)(H,19,20);3,5H,2,4H2,1H3. The molecule has 25 heavy (non-hydrogen) atoms. The molecule has 0 aliphatic carbocycles. The number of carboxylic acids is 2. The van der Waals surface area contributed by atoms with E-state index < -0.39 is 17.9 Å². The maximum absolute atomic E-state index is 10.8. The lowest BCUT2D eigenvalue weighted by molar-refractivity contribution is -0.146. The number of allylic oxidation sites excluding steroid dienone is 1. The molecule has 6 nitrogen and oxygen atoms in total. The minimum absolute atomic E-state index is 0.338. The molecule has 0 radical (unpaired) electrons. The van der Waals surface area contributed by atoms with Gasteiger partial charge >= 0.3 is 11.9 Å². The van der Waals surface area contributed by atoms with Gasteiger partial charge in [0.1, 0.15) is 0 Å². The quantitative estimate of drug-likeness (QED) is 0.278. The first-order valence-corrected chi connectivity index (χ1v) is 9.34. The van der Waals surface area contributed by atoms with Gasteiger partial charge in [-0.2, -0.15) is 0 Å². The van der Waals surface area contributed by atoms with E-state index in [0.717, 1.165) is 19.3 Å². The van der Waals surface area contributed by atoms with Gasteiger partial charge in [-0.15, -0.1) is 0 Å². The van der Waals surface area contributed by atoms with Gasteiger partial charge in [-0.05, 0) is 19.8 Å². The Kier molecular flexibility index (Phi) is 19.6. The second-order valence-electron chi connectivity index (χ2n) is 6.32. The van der Waals surface area contributed by atoms with Gasteiger partial charge in [0, 0.05) is 6.54 Å². The lowest BCUT2D eigenvalue weighted by Gasteiger charge is -2.03. The maximum Gasteiger partial charge on any atom is 0.310 e. The first kappa shape index (κ1) is 25.8. The molecule has 5 N–H and O–H groups in total. The maximum atomic E-state index is 10.8. The van der Waals surface area contributed by atoms with Crippen molar-refractivity contribution in [1.29, 1.82) is 0 Å². The molecule has 0 heterocycles. The highest BCUT2D eigenvalue weighted by Crippen LogP contribution is 2.11. The molecule has 2 unspecified atom stereocenters. The average Bonchev–Trinajstić information content (AvgIpc) is 2.55. The van der Waals surface area contributed by atoms with Gasteiger partial charge in [0.15, 0.2) is 0 Å². The zero-order valence-corrected chi connectivity index (χ0v) is 15.8. The zero-order chi connectivity index (χ0) is 19.5. The van der Waals surface area contributed by atoms with Crippen molar-refractivity contribution in [1.82, 2.24) is 0 Å². The summed E-state index contributed by atoms with van der Waals surface area (Å²) in [4.78, 5) is 21.3. The summed E-state index contributed by atoms with van der Waals surface area (Å²) in [5.41, 5.74) is 4.92. The van der Waals surface area contributed by atoms with Crippen LogP contribution < -0.4 is 5.73 Å². The smallest absolute Gasteiger partial charge is 0.310 e. The van der Waals surface area contributed by atoms with Crippen LogP contribution in [-0.2, 0) is 9.59 Å². The molecular formula is C19H37NO5. The molecule has 0 aliphatic heterocycles. The lowest BCUT2D eigenvalue weighted by Crippen LogP contribution is -2.15. The summed E-state index contributed by atoms with van der Waals surface area (Å²) in [6.07, 6.45) is 13.4. The van der Waals surface area contributed by atoms with Crippen molar-refractivity contribution in [3.05, 3.63) is 12.2 Å². The SMILES string of the molecule is CC(O)CN.CCCCCCCCCCC=CC(CC(=O)O)C(=O)O. The van der Waals surface area contributed by atoms with Gasteiger partial charge in [-0.1, -0.05) is 64.0 Å². The molecule has 0 aromatic heterocycles. The number of aliphatic hydroxyl groups is 1. The summed E-state index contributed by atoms with van der Waals surface area (Å²) in [5.74, 6) is -3.05. The largest absolute Gasteiger partial charge is 0.481 e. The van der Waals surface area contributed by atoms with Crippen molar-refractivity contribution in [3.8, 4) is 0 Å². The highest BCUT2D eigenvalue weighted by atomic mass is 16.4. The third-order valence-electron chi connectivity index (χ3n) is 3.65. The Hall–Kier alpha value is -1.40. The topological polar surface area (TPSA) is 121 Å². The minimum atomic E-state index is -1.07. The number of unbranched alkanes of at least 4 members (excludes halogenated alkanes) is 8.